The molecule has 8 nitrogen and oxygen atoms in total. The zero-order valence-corrected chi connectivity index (χ0v) is 26.4. The molecule has 234 valence electrons. The molecule has 1 unspecified atom stereocenters. The second-order valence-electron chi connectivity index (χ2n) is 13.5. The number of likely N-dealkylation sites (tertiary alicyclic amines) is 1. The van der Waals surface area contributed by atoms with Crippen molar-refractivity contribution in [3.8, 4) is 0 Å². The summed E-state index contributed by atoms with van der Waals surface area (Å²) in [5.41, 5.74) is 0.946. The Bertz CT molecular complexity index is 1150. The van der Waals surface area contributed by atoms with Crippen molar-refractivity contribution in [3.63, 3.8) is 0 Å². The summed E-state index contributed by atoms with van der Waals surface area (Å²) in [6, 6.07) is 1.82. The Morgan fingerprint density at radius 2 is 1.64 bits per heavy atom. The van der Waals surface area contributed by atoms with E-state index in [1.807, 2.05) is 10.6 Å². The van der Waals surface area contributed by atoms with Gasteiger partial charge in [-0.3, -0.25) is 19.2 Å². The van der Waals surface area contributed by atoms with E-state index in [0.717, 1.165) is 88.3 Å². The van der Waals surface area contributed by atoms with Gasteiger partial charge in [0.1, 0.15) is 11.1 Å². The van der Waals surface area contributed by atoms with Gasteiger partial charge in [0, 0.05) is 31.9 Å². The van der Waals surface area contributed by atoms with Gasteiger partial charge in [-0.25, -0.2) is 0 Å². The third-order valence-electron chi connectivity index (χ3n) is 9.63. The zero-order chi connectivity index (χ0) is 30.1. The van der Waals surface area contributed by atoms with Crippen molar-refractivity contribution in [2.45, 2.75) is 136 Å². The standard InChI is InChI=1S/C34H54N4O4/c1-4-5-13-20-35-30(39)27-18-14-21-37(24-27)33(42)34(2,3)36-31(40)28-22-26-17-11-6-7-12-19-29(26)38(32(28)41)23-25-15-9-8-10-16-25/h22,25,27H,4-21,23-24H2,1-3H3,(H,35,39)(H,36,40). The number of carbonyl (C=O) groups excluding carboxylic acids is 3. The van der Waals surface area contributed by atoms with Gasteiger partial charge in [0.2, 0.25) is 11.8 Å². The number of nitrogens with one attached hydrogen (secondary N) is 2. The van der Waals surface area contributed by atoms with E-state index in [9.17, 15) is 19.2 Å². The molecule has 3 aliphatic rings. The van der Waals surface area contributed by atoms with Crippen LogP contribution in [0.1, 0.15) is 132 Å². The molecule has 1 saturated carbocycles. The van der Waals surface area contributed by atoms with Crippen LogP contribution in [0.2, 0.25) is 0 Å². The number of carbonyl (C=O) groups is 3. The highest BCUT2D eigenvalue weighted by atomic mass is 16.2. The highest BCUT2D eigenvalue weighted by Crippen LogP contribution is 2.27. The Labute approximate surface area is 252 Å². The lowest BCUT2D eigenvalue weighted by Crippen LogP contribution is -2.59. The van der Waals surface area contributed by atoms with Crippen molar-refractivity contribution in [2.75, 3.05) is 19.6 Å². The predicted molar refractivity (Wildman–Crippen MR) is 167 cm³/mol. The molecule has 4 rings (SSSR count). The number of rotatable bonds is 10. The number of pyridine rings is 1. The maximum atomic E-state index is 13.9. The molecular formula is C34H54N4O4. The second kappa shape index (κ2) is 15.2. The number of unbranched alkanes of at least 4 members (excludes halogenated alkanes) is 2. The minimum absolute atomic E-state index is 0.00439. The maximum absolute atomic E-state index is 13.9. The first-order chi connectivity index (χ1) is 20.2. The van der Waals surface area contributed by atoms with E-state index in [2.05, 4.69) is 17.6 Å². The van der Waals surface area contributed by atoms with Crippen molar-refractivity contribution in [1.29, 1.82) is 0 Å². The van der Waals surface area contributed by atoms with Crippen LogP contribution in [0.25, 0.3) is 0 Å². The van der Waals surface area contributed by atoms with Crippen molar-refractivity contribution in [1.82, 2.24) is 20.1 Å². The largest absolute Gasteiger partial charge is 0.356 e. The molecule has 1 aliphatic heterocycles. The number of aromatic nitrogens is 1. The van der Waals surface area contributed by atoms with Crippen LogP contribution in [0.4, 0.5) is 0 Å². The molecule has 1 aromatic rings. The van der Waals surface area contributed by atoms with Gasteiger partial charge in [-0.15, -0.1) is 0 Å². The van der Waals surface area contributed by atoms with Crippen molar-refractivity contribution in [3.05, 3.63) is 33.2 Å². The van der Waals surface area contributed by atoms with Gasteiger partial charge >= 0.3 is 0 Å². The van der Waals surface area contributed by atoms with Crippen LogP contribution in [0.15, 0.2) is 10.9 Å². The van der Waals surface area contributed by atoms with E-state index < -0.39 is 11.4 Å². The van der Waals surface area contributed by atoms with E-state index >= 15 is 0 Å². The van der Waals surface area contributed by atoms with Gasteiger partial charge in [0.25, 0.3) is 11.5 Å². The van der Waals surface area contributed by atoms with E-state index in [-0.39, 0.29) is 28.9 Å². The lowest BCUT2D eigenvalue weighted by atomic mass is 9.88. The Morgan fingerprint density at radius 3 is 2.38 bits per heavy atom. The molecule has 8 heteroatoms. The first kappa shape index (κ1) is 32.3. The number of fused-ring (bicyclic) bond motifs is 1. The normalized spacial score (nSPS) is 20.3. The number of piperidine rings is 1. The van der Waals surface area contributed by atoms with E-state index in [4.69, 9.17) is 0 Å². The average Bonchev–Trinajstić information content (AvgIpc) is 2.97. The van der Waals surface area contributed by atoms with E-state index in [0.29, 0.717) is 32.1 Å². The number of amides is 3. The highest BCUT2D eigenvalue weighted by Gasteiger charge is 2.38. The third-order valence-corrected chi connectivity index (χ3v) is 9.63. The zero-order valence-electron chi connectivity index (χ0n) is 26.4. The monoisotopic (exact) mass is 582 g/mol. The number of hydrogen-bond acceptors (Lipinski definition) is 4. The predicted octanol–water partition coefficient (Wildman–Crippen LogP) is 5.14. The molecule has 0 aromatic carbocycles. The van der Waals surface area contributed by atoms with Crippen LogP contribution >= 0.6 is 0 Å². The fraction of sp³-hybridized carbons (Fsp3) is 0.765. The van der Waals surface area contributed by atoms with Crippen molar-refractivity contribution in [2.24, 2.45) is 11.8 Å². The van der Waals surface area contributed by atoms with Crippen molar-refractivity contribution < 1.29 is 14.4 Å². The summed E-state index contributed by atoms with van der Waals surface area (Å²) in [4.78, 5) is 55.8. The fourth-order valence-corrected chi connectivity index (χ4v) is 7.12. The molecular weight excluding hydrogens is 528 g/mol. The minimum atomic E-state index is -1.21. The summed E-state index contributed by atoms with van der Waals surface area (Å²) in [5.74, 6) is -0.463. The molecule has 2 N–H and O–H groups in total. The van der Waals surface area contributed by atoms with Gasteiger partial charge in [-0.2, -0.15) is 0 Å². The second-order valence-corrected chi connectivity index (χ2v) is 13.5. The minimum Gasteiger partial charge on any atom is -0.356 e. The quantitative estimate of drug-likeness (QED) is 0.373. The summed E-state index contributed by atoms with van der Waals surface area (Å²) >= 11 is 0. The topological polar surface area (TPSA) is 101 Å². The Kier molecular flexibility index (Phi) is 11.7. The van der Waals surface area contributed by atoms with Crippen LogP contribution in [0.3, 0.4) is 0 Å². The first-order valence-corrected chi connectivity index (χ1v) is 16.9. The number of aryl methyl sites for hydroxylation is 1. The third kappa shape index (κ3) is 8.25. The lowest BCUT2D eigenvalue weighted by Gasteiger charge is -2.37. The molecule has 2 heterocycles. The SMILES string of the molecule is CCCCCNC(=O)C1CCCN(C(=O)C(C)(C)NC(=O)c2cc3c(n(CC4CCCCC4)c2=O)CCCCCC3)C1. The number of hydrogen-bond donors (Lipinski definition) is 2. The molecule has 1 saturated heterocycles. The fourth-order valence-electron chi connectivity index (χ4n) is 7.12. The smallest absolute Gasteiger partial charge is 0.263 e. The van der Waals surface area contributed by atoms with Gasteiger partial charge in [-0.1, -0.05) is 51.9 Å². The molecule has 0 spiro atoms. The first-order valence-electron chi connectivity index (χ1n) is 16.9. The molecule has 1 aromatic heterocycles. The molecule has 1 atom stereocenters. The number of nitrogens with zero attached hydrogens (tertiary/aromatic N) is 2. The summed E-state index contributed by atoms with van der Waals surface area (Å²) in [6.45, 7) is 7.80. The Hall–Kier alpha value is -2.64. The molecule has 42 heavy (non-hydrogen) atoms. The summed E-state index contributed by atoms with van der Waals surface area (Å²) < 4.78 is 1.93. The summed E-state index contributed by atoms with van der Waals surface area (Å²) in [7, 11) is 0. The van der Waals surface area contributed by atoms with Gasteiger partial charge in [0.05, 0.1) is 5.92 Å². The van der Waals surface area contributed by atoms with Crippen LogP contribution in [0.5, 0.6) is 0 Å². The van der Waals surface area contributed by atoms with Gasteiger partial charge in [-0.05, 0) is 89.2 Å². The molecule has 0 radical (unpaired) electrons. The Balaban J connectivity index is 1.49. The van der Waals surface area contributed by atoms with Gasteiger partial charge < -0.3 is 20.1 Å². The molecule has 2 fully saturated rings. The summed E-state index contributed by atoms with van der Waals surface area (Å²) in [5, 5.41) is 5.95. The van der Waals surface area contributed by atoms with E-state index in [1.54, 1.807) is 18.7 Å². The van der Waals surface area contributed by atoms with Crippen LogP contribution in [-0.4, -0.2) is 52.4 Å². The molecule has 3 amide bonds. The van der Waals surface area contributed by atoms with Crippen LogP contribution < -0.4 is 16.2 Å². The van der Waals surface area contributed by atoms with Crippen LogP contribution in [-0.2, 0) is 29.0 Å². The maximum Gasteiger partial charge on any atom is 0.263 e. The lowest BCUT2D eigenvalue weighted by molar-refractivity contribution is -0.140. The average molecular weight is 583 g/mol. The van der Waals surface area contributed by atoms with Crippen molar-refractivity contribution >= 4 is 17.7 Å². The molecule has 0 bridgehead atoms. The molecule has 2 aliphatic carbocycles. The summed E-state index contributed by atoms with van der Waals surface area (Å²) in [6.07, 6.45) is 16.8. The highest BCUT2D eigenvalue weighted by molar-refractivity contribution is 5.99. The Morgan fingerprint density at radius 1 is 0.929 bits per heavy atom. The van der Waals surface area contributed by atoms with E-state index in [1.165, 1.54) is 25.7 Å². The van der Waals surface area contributed by atoms with Crippen LogP contribution in [0, 0.1) is 11.8 Å². The van der Waals surface area contributed by atoms with Gasteiger partial charge in [0.15, 0.2) is 0 Å².